The number of carbonyl (C=O) groups is 3. The van der Waals surface area contributed by atoms with Gasteiger partial charge in [-0.05, 0) is 62.2 Å². The molecule has 1 fully saturated rings. The van der Waals surface area contributed by atoms with Gasteiger partial charge in [0.2, 0.25) is 0 Å². The Morgan fingerprint density at radius 2 is 1.72 bits per heavy atom. The largest absolute Gasteiger partial charge is 0.507 e. The number of Topliss-reactive ketones (excluding diaryl/α,β-unsaturated/α-hetero) is 1. The van der Waals surface area contributed by atoms with Gasteiger partial charge in [-0.2, -0.15) is 0 Å². The van der Waals surface area contributed by atoms with Crippen LogP contribution in [0, 0.1) is 6.92 Å². The molecule has 8 heteroatoms. The van der Waals surface area contributed by atoms with Crippen LogP contribution in [-0.2, 0) is 25.5 Å². The summed E-state index contributed by atoms with van der Waals surface area (Å²) >= 11 is 0. The minimum absolute atomic E-state index is 0.0214. The van der Waals surface area contributed by atoms with Crippen LogP contribution in [0.5, 0.6) is 11.5 Å². The van der Waals surface area contributed by atoms with Crippen molar-refractivity contribution in [2.24, 2.45) is 0 Å². The van der Waals surface area contributed by atoms with Crippen LogP contribution in [0.25, 0.3) is 5.76 Å². The lowest BCUT2D eigenvalue weighted by Crippen LogP contribution is -2.29. The molecule has 2 heterocycles. The number of aliphatic hydroxyl groups is 1. The van der Waals surface area contributed by atoms with Gasteiger partial charge < -0.3 is 19.3 Å². The second kappa shape index (κ2) is 10.6. The molecule has 1 atom stereocenters. The van der Waals surface area contributed by atoms with E-state index in [1.165, 1.54) is 4.90 Å². The summed E-state index contributed by atoms with van der Waals surface area (Å²) in [5.41, 5.74) is 3.12. The Bertz CT molecular complexity index is 1470. The van der Waals surface area contributed by atoms with Gasteiger partial charge in [0.1, 0.15) is 19.0 Å². The summed E-state index contributed by atoms with van der Waals surface area (Å²) in [6.07, 6.45) is -0.130. The summed E-state index contributed by atoms with van der Waals surface area (Å²) < 4.78 is 16.4. The molecule has 0 bridgehead atoms. The first kappa shape index (κ1) is 26.0. The molecule has 1 saturated heterocycles. The van der Waals surface area contributed by atoms with E-state index in [1.54, 1.807) is 56.3 Å². The van der Waals surface area contributed by atoms with E-state index >= 15 is 0 Å². The Hall–Kier alpha value is -4.59. The van der Waals surface area contributed by atoms with E-state index in [0.717, 1.165) is 5.56 Å². The van der Waals surface area contributed by atoms with E-state index in [9.17, 15) is 19.5 Å². The second-order valence-electron chi connectivity index (χ2n) is 9.82. The molecule has 0 radical (unpaired) electrons. The Morgan fingerprint density at radius 3 is 2.41 bits per heavy atom. The molecule has 1 N–H and O–H groups in total. The molecule has 39 heavy (non-hydrogen) atoms. The molecule has 0 saturated carbocycles. The zero-order valence-corrected chi connectivity index (χ0v) is 22.0. The number of nitrogens with zero attached hydrogens (tertiary/aromatic N) is 1. The normalized spacial score (nSPS) is 17.9. The van der Waals surface area contributed by atoms with Crippen molar-refractivity contribution < 1.29 is 33.7 Å². The quantitative estimate of drug-likeness (QED) is 0.211. The fourth-order valence-electron chi connectivity index (χ4n) is 4.85. The summed E-state index contributed by atoms with van der Waals surface area (Å²) in [5.74, 6) is -1.19. The molecule has 1 amide bonds. The average Bonchev–Trinajstić information content (AvgIpc) is 3.18. The van der Waals surface area contributed by atoms with Crippen LogP contribution in [0.2, 0.25) is 0 Å². The smallest absolute Gasteiger partial charge is 0.310 e. The third-order valence-corrected chi connectivity index (χ3v) is 6.55. The number of aliphatic hydroxyl groups excluding tert-OH is 1. The molecule has 8 nitrogen and oxygen atoms in total. The van der Waals surface area contributed by atoms with Crippen LogP contribution < -0.4 is 14.4 Å². The Balaban J connectivity index is 1.57. The molecule has 200 valence electrons. The number of hydrogen-bond acceptors (Lipinski definition) is 7. The number of hydrogen-bond donors (Lipinski definition) is 1. The maximum atomic E-state index is 13.5. The first-order valence-electron chi connectivity index (χ1n) is 12.8. The van der Waals surface area contributed by atoms with E-state index in [0.29, 0.717) is 47.1 Å². The van der Waals surface area contributed by atoms with Crippen molar-refractivity contribution in [2.75, 3.05) is 18.1 Å². The Morgan fingerprint density at radius 1 is 1.00 bits per heavy atom. The van der Waals surface area contributed by atoms with Crippen molar-refractivity contribution in [3.05, 3.63) is 94.6 Å². The number of ether oxygens (including phenoxy) is 3. The summed E-state index contributed by atoms with van der Waals surface area (Å²) in [6.45, 7) is 6.29. The molecule has 5 rings (SSSR count). The van der Waals surface area contributed by atoms with Gasteiger partial charge in [-0.3, -0.25) is 19.3 Å². The molecule has 1 unspecified atom stereocenters. The first-order chi connectivity index (χ1) is 18.7. The predicted octanol–water partition coefficient (Wildman–Crippen LogP) is 4.89. The molecule has 0 spiro atoms. The molecule has 0 aliphatic carbocycles. The maximum absolute atomic E-state index is 13.5. The van der Waals surface area contributed by atoms with Crippen molar-refractivity contribution >= 4 is 29.1 Å². The molecule has 2 aliphatic heterocycles. The predicted molar refractivity (Wildman–Crippen MR) is 145 cm³/mol. The van der Waals surface area contributed by atoms with Crippen LogP contribution in [-0.4, -0.2) is 42.1 Å². The van der Waals surface area contributed by atoms with Gasteiger partial charge in [0.15, 0.2) is 11.5 Å². The van der Waals surface area contributed by atoms with Crippen molar-refractivity contribution in [3.63, 3.8) is 0 Å². The van der Waals surface area contributed by atoms with Gasteiger partial charge in [0, 0.05) is 11.3 Å². The van der Waals surface area contributed by atoms with Crippen molar-refractivity contribution in [3.8, 4) is 11.5 Å². The lowest BCUT2D eigenvalue weighted by atomic mass is 9.94. The van der Waals surface area contributed by atoms with Gasteiger partial charge in [-0.25, -0.2) is 0 Å². The summed E-state index contributed by atoms with van der Waals surface area (Å²) in [5, 5.41) is 11.4. The van der Waals surface area contributed by atoms with Crippen LogP contribution in [0.3, 0.4) is 0 Å². The van der Waals surface area contributed by atoms with E-state index in [4.69, 9.17) is 14.2 Å². The fraction of sp³-hybridized carbons (Fsp3) is 0.258. The lowest BCUT2D eigenvalue weighted by Gasteiger charge is -2.26. The summed E-state index contributed by atoms with van der Waals surface area (Å²) in [6, 6.07) is 18.4. The van der Waals surface area contributed by atoms with Crippen molar-refractivity contribution in [1.82, 2.24) is 0 Å². The average molecular weight is 528 g/mol. The number of carbonyl (C=O) groups excluding carboxylic acids is 3. The summed E-state index contributed by atoms with van der Waals surface area (Å²) in [7, 11) is 0. The van der Waals surface area contributed by atoms with Gasteiger partial charge in [-0.1, -0.05) is 42.0 Å². The third-order valence-electron chi connectivity index (χ3n) is 6.55. The van der Waals surface area contributed by atoms with E-state index < -0.39 is 17.7 Å². The number of fused-ring (bicyclic) bond motifs is 1. The third kappa shape index (κ3) is 5.23. The zero-order chi connectivity index (χ0) is 27.7. The van der Waals surface area contributed by atoms with Crippen molar-refractivity contribution in [1.29, 1.82) is 0 Å². The first-order valence-corrected chi connectivity index (χ1v) is 12.8. The zero-order valence-electron chi connectivity index (χ0n) is 22.0. The highest BCUT2D eigenvalue weighted by molar-refractivity contribution is 6.51. The van der Waals surface area contributed by atoms with Crippen LogP contribution in [0.1, 0.15) is 42.1 Å². The van der Waals surface area contributed by atoms with Gasteiger partial charge >= 0.3 is 5.97 Å². The van der Waals surface area contributed by atoms with Gasteiger partial charge in [0.05, 0.1) is 24.1 Å². The topological polar surface area (TPSA) is 102 Å². The van der Waals surface area contributed by atoms with Gasteiger partial charge in [-0.15, -0.1) is 0 Å². The number of ketones is 1. The summed E-state index contributed by atoms with van der Waals surface area (Å²) in [4.78, 5) is 40.4. The van der Waals surface area contributed by atoms with Crippen LogP contribution in [0.15, 0.2) is 72.3 Å². The highest BCUT2D eigenvalue weighted by Crippen LogP contribution is 2.43. The van der Waals surface area contributed by atoms with Gasteiger partial charge in [0.25, 0.3) is 11.7 Å². The Kier molecular flexibility index (Phi) is 7.11. The van der Waals surface area contributed by atoms with E-state index in [-0.39, 0.29) is 29.8 Å². The molecule has 2 aliphatic rings. The molecule has 3 aromatic rings. The van der Waals surface area contributed by atoms with E-state index in [1.807, 2.05) is 31.2 Å². The number of rotatable bonds is 6. The monoisotopic (exact) mass is 527 g/mol. The minimum atomic E-state index is -0.866. The fourth-order valence-corrected chi connectivity index (χ4v) is 4.85. The lowest BCUT2D eigenvalue weighted by molar-refractivity contribution is -0.146. The van der Waals surface area contributed by atoms with E-state index in [2.05, 4.69) is 0 Å². The number of esters is 1. The highest BCUT2D eigenvalue weighted by Gasteiger charge is 2.47. The molecular weight excluding hydrogens is 498 g/mol. The van der Waals surface area contributed by atoms with Crippen LogP contribution in [0.4, 0.5) is 5.69 Å². The number of anilines is 1. The number of benzene rings is 3. The Labute approximate surface area is 226 Å². The molecular formula is C31H29NO7. The SMILES string of the molecule is Cc1cccc(C2/C(=C(/O)c3ccc4c(c3)OCCO4)C(=O)C(=O)N2c2ccc(CC(=O)OC(C)C)cc2)c1. The minimum Gasteiger partial charge on any atom is -0.507 e. The number of amides is 1. The standard InChI is InChI=1S/C31H29NO7/c1-18(2)39-26(33)16-20-7-10-23(11-8-20)32-28(21-6-4-5-19(3)15-21)27(30(35)31(32)36)29(34)22-9-12-24-25(17-22)38-14-13-37-24/h4-12,15,17-18,28,34H,13-14,16H2,1-3H3/b29-27-. The second-order valence-corrected chi connectivity index (χ2v) is 9.82. The number of aryl methyl sites for hydroxylation is 1. The highest BCUT2D eigenvalue weighted by atomic mass is 16.6. The molecule has 3 aromatic carbocycles. The van der Waals surface area contributed by atoms with Crippen molar-refractivity contribution in [2.45, 2.75) is 39.3 Å². The van der Waals surface area contributed by atoms with Crippen LogP contribution >= 0.6 is 0 Å². The molecule has 0 aromatic heterocycles. The maximum Gasteiger partial charge on any atom is 0.310 e.